The summed E-state index contributed by atoms with van der Waals surface area (Å²) in [6, 6.07) is 7.17. The lowest BCUT2D eigenvalue weighted by molar-refractivity contribution is -0.138. The average Bonchev–Trinajstić information content (AvgIpc) is 3.21. The Bertz CT molecular complexity index is 1350. The molecule has 3 heterocycles. The molecule has 4 aliphatic rings. The maximum Gasteiger partial charge on any atom is 0.410 e. The number of piperidine rings is 2. The van der Waals surface area contributed by atoms with E-state index in [1.807, 2.05) is 33.1 Å². The molecule has 3 aliphatic heterocycles. The zero-order chi connectivity index (χ0) is 35.1. The molecule has 0 aromatic heterocycles. The van der Waals surface area contributed by atoms with E-state index in [0.29, 0.717) is 38.1 Å². The van der Waals surface area contributed by atoms with E-state index in [2.05, 4.69) is 49.7 Å². The van der Waals surface area contributed by atoms with Crippen molar-refractivity contribution in [1.82, 2.24) is 19.6 Å². The molecular formula is C38H57BrClN5O4. The van der Waals surface area contributed by atoms with Crippen LogP contribution in [0.1, 0.15) is 89.8 Å². The minimum atomic E-state index is -0.502. The lowest BCUT2D eigenvalue weighted by Gasteiger charge is -2.48. The standard InChI is InChI=1S/C38H57BrClN5O4/c1-27-6-7-29-25-30(40)8-9-33(29)36(35(27)41-16-15-39)42-19-12-31(13-20-42)44-21-22-45(32(26-44)14-23-48-5)34(46)24-28-10-17-43(18-11-28)37(47)49-38(2,3)4/h8-9,16,25,28,31-32,36H,6-7,10-15,17-24,26H2,1-5H3. The van der Waals surface area contributed by atoms with E-state index in [1.54, 1.807) is 12.0 Å². The molecule has 1 aliphatic carbocycles. The second kappa shape index (κ2) is 17.5. The molecule has 0 radical (unpaired) electrons. The fourth-order valence-electron chi connectivity index (χ4n) is 8.13. The van der Waals surface area contributed by atoms with Crippen LogP contribution in [0.15, 0.2) is 34.5 Å². The summed E-state index contributed by atoms with van der Waals surface area (Å²) in [7, 11) is 1.74. The molecular weight excluding hydrogens is 706 g/mol. The first-order valence-electron chi connectivity index (χ1n) is 18.3. The maximum atomic E-state index is 13.8. The predicted molar refractivity (Wildman–Crippen MR) is 201 cm³/mol. The number of alkyl halides is 1. The monoisotopic (exact) mass is 761 g/mol. The van der Waals surface area contributed by atoms with E-state index in [9.17, 15) is 9.59 Å². The lowest BCUT2D eigenvalue weighted by atomic mass is 9.92. The fraction of sp³-hybridized carbons (Fsp3) is 0.711. The summed E-state index contributed by atoms with van der Waals surface area (Å²) in [4.78, 5) is 40.5. The van der Waals surface area contributed by atoms with Gasteiger partial charge in [-0.2, -0.15) is 0 Å². The Hall–Kier alpha value is -1.98. The minimum absolute atomic E-state index is 0.130. The molecule has 3 saturated heterocycles. The van der Waals surface area contributed by atoms with Crippen LogP contribution >= 0.6 is 27.5 Å². The van der Waals surface area contributed by atoms with Crippen LogP contribution in [0, 0.1) is 5.92 Å². The number of aryl methyl sites for hydroxylation is 1. The molecule has 2 unspecified atom stereocenters. The van der Waals surface area contributed by atoms with Crippen molar-refractivity contribution in [2.75, 3.05) is 64.9 Å². The number of rotatable bonds is 9. The molecule has 9 nitrogen and oxygen atoms in total. The Kier molecular flexibility index (Phi) is 13.7. The molecule has 49 heavy (non-hydrogen) atoms. The number of fused-ring (bicyclic) bond motifs is 1. The first-order chi connectivity index (χ1) is 23.5. The van der Waals surface area contributed by atoms with Crippen LogP contribution in [-0.2, 0) is 20.7 Å². The van der Waals surface area contributed by atoms with Crippen molar-refractivity contribution < 1.29 is 19.1 Å². The Labute approximate surface area is 307 Å². The number of carbonyl (C=O) groups excluding carboxylic acids is 2. The van der Waals surface area contributed by atoms with Gasteiger partial charge in [0, 0.05) is 94.6 Å². The van der Waals surface area contributed by atoms with Gasteiger partial charge in [0.15, 0.2) is 0 Å². The third kappa shape index (κ3) is 10.1. The molecule has 2 atom stereocenters. The predicted octanol–water partition coefficient (Wildman–Crippen LogP) is 7.12. The van der Waals surface area contributed by atoms with Crippen LogP contribution in [0.5, 0.6) is 0 Å². The summed E-state index contributed by atoms with van der Waals surface area (Å²) in [6.07, 6.45) is 8.95. The molecule has 1 aromatic carbocycles. The van der Waals surface area contributed by atoms with Crippen LogP contribution in [0.4, 0.5) is 4.79 Å². The average molecular weight is 763 g/mol. The van der Waals surface area contributed by atoms with Gasteiger partial charge in [0.05, 0.1) is 11.7 Å². The minimum Gasteiger partial charge on any atom is -0.444 e. The third-order valence-corrected chi connectivity index (χ3v) is 11.3. The summed E-state index contributed by atoms with van der Waals surface area (Å²) in [6.45, 7) is 14.4. The Balaban J connectivity index is 1.19. The maximum absolute atomic E-state index is 13.8. The number of hydrogen-bond donors (Lipinski definition) is 0. The van der Waals surface area contributed by atoms with Crippen molar-refractivity contribution in [1.29, 1.82) is 0 Å². The van der Waals surface area contributed by atoms with Gasteiger partial charge in [0.25, 0.3) is 0 Å². The number of hydrogen-bond acceptors (Lipinski definition) is 7. The highest BCUT2D eigenvalue weighted by Gasteiger charge is 2.38. The topological polar surface area (TPSA) is 77.9 Å². The van der Waals surface area contributed by atoms with Crippen LogP contribution in [0.3, 0.4) is 0 Å². The zero-order valence-electron chi connectivity index (χ0n) is 30.3. The Morgan fingerprint density at radius 2 is 1.76 bits per heavy atom. The molecule has 0 N–H and O–H groups in total. The number of benzene rings is 1. The van der Waals surface area contributed by atoms with Gasteiger partial charge >= 0.3 is 6.09 Å². The molecule has 5 rings (SSSR count). The Morgan fingerprint density at radius 1 is 1.02 bits per heavy atom. The van der Waals surface area contributed by atoms with E-state index >= 15 is 0 Å². The number of halogens is 2. The number of amides is 2. The van der Waals surface area contributed by atoms with E-state index < -0.39 is 5.60 Å². The summed E-state index contributed by atoms with van der Waals surface area (Å²) < 4.78 is 11.1. The van der Waals surface area contributed by atoms with Gasteiger partial charge in [0.1, 0.15) is 5.60 Å². The molecule has 0 spiro atoms. The highest BCUT2D eigenvalue weighted by Crippen LogP contribution is 2.40. The molecule has 11 heteroatoms. The first kappa shape index (κ1) is 38.3. The van der Waals surface area contributed by atoms with Crippen molar-refractivity contribution in [3.63, 3.8) is 0 Å². The smallest absolute Gasteiger partial charge is 0.410 e. The normalized spacial score (nSPS) is 24.0. The van der Waals surface area contributed by atoms with Crippen LogP contribution < -0.4 is 0 Å². The molecule has 1 aromatic rings. The highest BCUT2D eigenvalue weighted by molar-refractivity contribution is 9.09. The molecule has 272 valence electrons. The largest absolute Gasteiger partial charge is 0.444 e. The van der Waals surface area contributed by atoms with Gasteiger partial charge in [-0.15, -0.1) is 0 Å². The SMILES string of the molecule is COCCC1CN(C2CCN(C3C(N=CCBr)=C(C)CCc4cc(Cl)ccc43)CC2)CCN1C(=O)CC1CCN(C(=O)OC(C)(C)C)CC1. The number of ether oxygens (including phenoxy) is 2. The fourth-order valence-corrected chi connectivity index (χ4v) is 8.47. The number of methoxy groups -OCH3 is 1. The van der Waals surface area contributed by atoms with Gasteiger partial charge in [-0.05, 0) is 107 Å². The van der Waals surface area contributed by atoms with Gasteiger partial charge in [0.2, 0.25) is 5.91 Å². The van der Waals surface area contributed by atoms with Gasteiger partial charge < -0.3 is 19.3 Å². The van der Waals surface area contributed by atoms with Crippen molar-refractivity contribution in [2.24, 2.45) is 10.9 Å². The first-order valence-corrected chi connectivity index (χ1v) is 19.8. The molecule has 0 bridgehead atoms. The Morgan fingerprint density at radius 3 is 2.43 bits per heavy atom. The van der Waals surface area contributed by atoms with Crippen molar-refractivity contribution in [3.8, 4) is 0 Å². The number of allylic oxidation sites excluding steroid dienone is 1. The number of carbonyl (C=O) groups is 2. The number of aliphatic imine (C=N–C) groups is 1. The van der Waals surface area contributed by atoms with E-state index in [1.165, 1.54) is 22.4 Å². The second-order valence-corrected chi connectivity index (χ2v) is 16.4. The van der Waals surface area contributed by atoms with Crippen molar-refractivity contribution >= 4 is 45.7 Å². The van der Waals surface area contributed by atoms with Gasteiger partial charge in [-0.1, -0.05) is 33.6 Å². The van der Waals surface area contributed by atoms with Crippen molar-refractivity contribution in [3.05, 3.63) is 45.6 Å². The van der Waals surface area contributed by atoms with Gasteiger partial charge in [-0.3, -0.25) is 19.6 Å². The molecule has 3 fully saturated rings. The summed E-state index contributed by atoms with van der Waals surface area (Å²) in [5, 5.41) is 1.53. The zero-order valence-corrected chi connectivity index (χ0v) is 32.6. The van der Waals surface area contributed by atoms with Crippen LogP contribution in [0.25, 0.3) is 0 Å². The highest BCUT2D eigenvalue weighted by atomic mass is 79.9. The second-order valence-electron chi connectivity index (χ2n) is 15.3. The van der Waals surface area contributed by atoms with E-state index in [-0.39, 0.29) is 24.1 Å². The van der Waals surface area contributed by atoms with Crippen LogP contribution in [0.2, 0.25) is 5.02 Å². The quantitative estimate of drug-likeness (QED) is 0.197. The van der Waals surface area contributed by atoms with Crippen molar-refractivity contribution in [2.45, 2.75) is 103 Å². The molecule has 0 saturated carbocycles. The summed E-state index contributed by atoms with van der Waals surface area (Å²) in [5.41, 5.74) is 4.70. The summed E-state index contributed by atoms with van der Waals surface area (Å²) >= 11 is 10.0. The number of nitrogens with zero attached hydrogens (tertiary/aromatic N) is 5. The summed E-state index contributed by atoms with van der Waals surface area (Å²) in [5.74, 6) is 0.542. The van der Waals surface area contributed by atoms with Gasteiger partial charge in [-0.25, -0.2) is 4.79 Å². The number of piperazine rings is 1. The third-order valence-electron chi connectivity index (χ3n) is 10.8. The van der Waals surface area contributed by atoms with Crippen LogP contribution in [-0.4, -0.2) is 120 Å². The van der Waals surface area contributed by atoms with E-state index in [0.717, 1.165) is 88.0 Å². The lowest BCUT2D eigenvalue weighted by Crippen LogP contribution is -2.59. The van der Waals surface area contributed by atoms with E-state index in [4.69, 9.17) is 26.1 Å². The molecule has 2 amide bonds. The number of likely N-dealkylation sites (tertiary alicyclic amines) is 2.